The van der Waals surface area contributed by atoms with Crippen molar-refractivity contribution in [2.45, 2.75) is 13.0 Å². The lowest BCUT2D eigenvalue weighted by Gasteiger charge is -2.07. The SMILES string of the molecule is O=C(CCNC(=O)c1ccccc1)OCc1ccc(-c2ccccc2)cc1. The smallest absolute Gasteiger partial charge is 0.307 e. The average Bonchev–Trinajstić information content (AvgIpc) is 2.74. The Morgan fingerprint density at radius 1 is 0.741 bits per heavy atom. The fourth-order valence-electron chi connectivity index (χ4n) is 2.63. The van der Waals surface area contributed by atoms with Crippen LogP contribution in [0, 0.1) is 0 Å². The molecule has 0 atom stereocenters. The second-order valence-electron chi connectivity index (χ2n) is 6.10. The average molecular weight is 359 g/mol. The maximum absolute atomic E-state index is 11.9. The molecule has 1 amide bonds. The van der Waals surface area contributed by atoms with Crippen molar-refractivity contribution in [1.82, 2.24) is 5.32 Å². The van der Waals surface area contributed by atoms with E-state index in [9.17, 15) is 9.59 Å². The first-order valence-electron chi connectivity index (χ1n) is 8.85. The topological polar surface area (TPSA) is 55.4 Å². The minimum Gasteiger partial charge on any atom is -0.461 e. The summed E-state index contributed by atoms with van der Waals surface area (Å²) in [4.78, 5) is 23.7. The number of hydrogen-bond acceptors (Lipinski definition) is 3. The van der Waals surface area contributed by atoms with Crippen LogP contribution in [0.15, 0.2) is 84.9 Å². The highest BCUT2D eigenvalue weighted by atomic mass is 16.5. The second kappa shape index (κ2) is 9.34. The van der Waals surface area contributed by atoms with Gasteiger partial charge in [0.15, 0.2) is 0 Å². The molecule has 0 aliphatic carbocycles. The third-order valence-corrected chi connectivity index (χ3v) is 4.11. The summed E-state index contributed by atoms with van der Waals surface area (Å²) in [6.45, 7) is 0.472. The number of carbonyl (C=O) groups excluding carboxylic acids is 2. The molecule has 0 heterocycles. The number of ether oxygens (including phenoxy) is 1. The third-order valence-electron chi connectivity index (χ3n) is 4.11. The van der Waals surface area contributed by atoms with Crippen molar-refractivity contribution in [1.29, 1.82) is 0 Å². The Balaban J connectivity index is 1.41. The molecule has 3 rings (SSSR count). The first-order valence-corrected chi connectivity index (χ1v) is 8.85. The van der Waals surface area contributed by atoms with Gasteiger partial charge in [0.1, 0.15) is 6.61 Å². The Morgan fingerprint density at radius 2 is 1.33 bits per heavy atom. The van der Waals surface area contributed by atoms with E-state index in [0.29, 0.717) is 5.56 Å². The summed E-state index contributed by atoms with van der Waals surface area (Å²) in [5.41, 5.74) is 3.77. The highest BCUT2D eigenvalue weighted by Crippen LogP contribution is 2.19. The van der Waals surface area contributed by atoms with Gasteiger partial charge in [-0.25, -0.2) is 0 Å². The van der Waals surface area contributed by atoms with E-state index in [1.807, 2.05) is 48.5 Å². The van der Waals surface area contributed by atoms with Crippen LogP contribution in [-0.2, 0) is 16.1 Å². The van der Waals surface area contributed by atoms with E-state index in [1.54, 1.807) is 24.3 Å². The van der Waals surface area contributed by atoms with Gasteiger partial charge in [0, 0.05) is 12.1 Å². The number of rotatable bonds is 7. The molecule has 0 saturated heterocycles. The number of benzene rings is 3. The van der Waals surface area contributed by atoms with E-state index in [4.69, 9.17) is 4.74 Å². The zero-order valence-corrected chi connectivity index (χ0v) is 14.9. The lowest BCUT2D eigenvalue weighted by Crippen LogP contribution is -2.26. The van der Waals surface area contributed by atoms with E-state index in [0.717, 1.165) is 16.7 Å². The molecule has 3 aromatic rings. The maximum atomic E-state index is 11.9. The molecule has 0 spiro atoms. The molecule has 3 aromatic carbocycles. The van der Waals surface area contributed by atoms with Crippen molar-refractivity contribution in [3.63, 3.8) is 0 Å². The van der Waals surface area contributed by atoms with Crippen molar-refractivity contribution in [2.75, 3.05) is 6.54 Å². The summed E-state index contributed by atoms with van der Waals surface area (Å²) < 4.78 is 5.27. The van der Waals surface area contributed by atoms with E-state index in [1.165, 1.54) is 0 Å². The molecular weight excluding hydrogens is 338 g/mol. The van der Waals surface area contributed by atoms with Crippen LogP contribution in [0.1, 0.15) is 22.3 Å². The third kappa shape index (κ3) is 5.54. The second-order valence-corrected chi connectivity index (χ2v) is 6.10. The fraction of sp³-hybridized carbons (Fsp3) is 0.130. The van der Waals surface area contributed by atoms with Crippen LogP contribution < -0.4 is 5.32 Å². The molecule has 27 heavy (non-hydrogen) atoms. The predicted octanol–water partition coefficient (Wildman–Crippen LogP) is 4.22. The maximum Gasteiger partial charge on any atom is 0.307 e. The minimum absolute atomic E-state index is 0.140. The van der Waals surface area contributed by atoms with Crippen LogP contribution in [0.25, 0.3) is 11.1 Å². The quantitative estimate of drug-likeness (QED) is 0.643. The molecule has 1 N–H and O–H groups in total. The fourth-order valence-corrected chi connectivity index (χ4v) is 2.63. The number of nitrogens with one attached hydrogen (secondary N) is 1. The number of esters is 1. The Bertz CT molecular complexity index is 875. The van der Waals surface area contributed by atoms with Gasteiger partial charge in [-0.2, -0.15) is 0 Å². The van der Waals surface area contributed by atoms with Crippen molar-refractivity contribution >= 4 is 11.9 Å². The molecule has 136 valence electrons. The van der Waals surface area contributed by atoms with E-state index in [-0.39, 0.29) is 31.4 Å². The van der Waals surface area contributed by atoms with Crippen LogP contribution in [0.3, 0.4) is 0 Å². The molecule has 0 unspecified atom stereocenters. The molecule has 0 radical (unpaired) electrons. The number of hydrogen-bond donors (Lipinski definition) is 1. The molecule has 4 heteroatoms. The summed E-state index contributed by atoms with van der Waals surface area (Å²) in [5, 5.41) is 2.71. The molecular formula is C23H21NO3. The monoisotopic (exact) mass is 359 g/mol. The summed E-state index contributed by atoms with van der Waals surface area (Å²) in [5.74, 6) is -0.532. The molecule has 0 aliphatic heterocycles. The largest absolute Gasteiger partial charge is 0.461 e. The molecule has 0 aromatic heterocycles. The summed E-state index contributed by atoms with van der Waals surface area (Å²) in [6, 6.07) is 26.9. The van der Waals surface area contributed by atoms with E-state index >= 15 is 0 Å². The number of amides is 1. The van der Waals surface area contributed by atoms with Gasteiger partial charge in [-0.3, -0.25) is 9.59 Å². The summed E-state index contributed by atoms with van der Waals surface area (Å²) >= 11 is 0. The Labute approximate surface area is 158 Å². The first kappa shape index (κ1) is 18.4. The van der Waals surface area contributed by atoms with Crippen molar-refractivity contribution < 1.29 is 14.3 Å². The predicted molar refractivity (Wildman–Crippen MR) is 105 cm³/mol. The van der Waals surface area contributed by atoms with Gasteiger partial charge in [-0.1, -0.05) is 72.8 Å². The van der Waals surface area contributed by atoms with Crippen molar-refractivity contribution in [3.8, 4) is 11.1 Å². The normalized spacial score (nSPS) is 10.2. The van der Waals surface area contributed by atoms with Gasteiger partial charge in [0.25, 0.3) is 5.91 Å². The number of carbonyl (C=O) groups is 2. The zero-order valence-electron chi connectivity index (χ0n) is 14.9. The zero-order chi connectivity index (χ0) is 18.9. The van der Waals surface area contributed by atoms with Crippen molar-refractivity contribution in [3.05, 3.63) is 96.1 Å². The van der Waals surface area contributed by atoms with Gasteiger partial charge in [0.05, 0.1) is 6.42 Å². The van der Waals surface area contributed by atoms with Gasteiger partial charge in [-0.05, 0) is 28.8 Å². The van der Waals surface area contributed by atoms with Gasteiger partial charge < -0.3 is 10.1 Å². The molecule has 0 fully saturated rings. The van der Waals surface area contributed by atoms with E-state index in [2.05, 4.69) is 17.4 Å². The molecule has 4 nitrogen and oxygen atoms in total. The molecule has 0 aliphatic rings. The van der Waals surface area contributed by atoms with Crippen LogP contribution in [0.5, 0.6) is 0 Å². The van der Waals surface area contributed by atoms with Gasteiger partial charge in [0.2, 0.25) is 0 Å². The Kier molecular flexibility index (Phi) is 6.36. The van der Waals surface area contributed by atoms with E-state index < -0.39 is 0 Å². The minimum atomic E-state index is -0.338. The first-order chi connectivity index (χ1) is 13.2. The Morgan fingerprint density at radius 3 is 2.00 bits per heavy atom. The van der Waals surface area contributed by atoms with Crippen LogP contribution in [0.4, 0.5) is 0 Å². The highest BCUT2D eigenvalue weighted by Gasteiger charge is 2.07. The lowest BCUT2D eigenvalue weighted by atomic mass is 10.0. The van der Waals surface area contributed by atoms with Crippen LogP contribution in [0.2, 0.25) is 0 Å². The van der Waals surface area contributed by atoms with Crippen molar-refractivity contribution in [2.24, 2.45) is 0 Å². The standard InChI is InChI=1S/C23H21NO3/c25-22(15-16-24-23(26)21-9-5-2-6-10-21)27-17-18-11-13-20(14-12-18)19-7-3-1-4-8-19/h1-14H,15-17H2,(H,24,26). The highest BCUT2D eigenvalue weighted by molar-refractivity contribution is 5.94. The Hall–Kier alpha value is -3.40. The van der Waals surface area contributed by atoms with Crippen LogP contribution in [-0.4, -0.2) is 18.4 Å². The molecule has 0 bridgehead atoms. The summed E-state index contributed by atoms with van der Waals surface area (Å²) in [7, 11) is 0. The van der Waals surface area contributed by atoms with Gasteiger partial charge in [-0.15, -0.1) is 0 Å². The van der Waals surface area contributed by atoms with Crippen LogP contribution >= 0.6 is 0 Å². The molecule has 0 saturated carbocycles. The van der Waals surface area contributed by atoms with Gasteiger partial charge >= 0.3 is 5.97 Å². The summed E-state index contributed by atoms with van der Waals surface area (Å²) in [6.07, 6.45) is 0.140. The lowest BCUT2D eigenvalue weighted by molar-refractivity contribution is -0.144.